The van der Waals surface area contributed by atoms with E-state index >= 15 is 0 Å². The molecule has 0 aliphatic carbocycles. The molecule has 30 heavy (non-hydrogen) atoms. The predicted octanol–water partition coefficient (Wildman–Crippen LogP) is 9.05. The number of benzene rings is 3. The van der Waals surface area contributed by atoms with Crippen molar-refractivity contribution in [1.82, 2.24) is 0 Å². The number of thioether (sulfide) groups is 3. The molecule has 3 rings (SSSR count). The normalized spacial score (nSPS) is 14.3. The summed E-state index contributed by atoms with van der Waals surface area (Å²) >= 11 is 5.88. The van der Waals surface area contributed by atoms with Crippen molar-refractivity contribution < 1.29 is 0 Å². The van der Waals surface area contributed by atoms with Crippen LogP contribution in [0.5, 0.6) is 0 Å². The maximum Gasteiger partial charge on any atom is 0.0311 e. The van der Waals surface area contributed by atoms with Crippen LogP contribution < -0.4 is 0 Å². The zero-order valence-electron chi connectivity index (χ0n) is 18.1. The highest BCUT2D eigenvalue weighted by Gasteiger charge is 2.37. The lowest BCUT2D eigenvalue weighted by molar-refractivity contribution is 0.554. The zero-order chi connectivity index (χ0) is 21.4. The molecule has 0 amide bonds. The van der Waals surface area contributed by atoms with Gasteiger partial charge in [-0.05, 0) is 62.1 Å². The van der Waals surface area contributed by atoms with E-state index in [0.29, 0.717) is 11.2 Å². The molecule has 0 saturated heterocycles. The van der Waals surface area contributed by atoms with Crippen LogP contribution in [0.15, 0.2) is 117 Å². The lowest BCUT2D eigenvalue weighted by atomic mass is 9.96. The van der Waals surface area contributed by atoms with Crippen LogP contribution in [-0.4, -0.2) is 10.00 Å². The molecule has 0 heterocycles. The summed E-state index contributed by atoms with van der Waals surface area (Å²) in [5, 5.41) is 0.410. The predicted molar refractivity (Wildman–Crippen MR) is 138 cm³/mol. The lowest BCUT2D eigenvalue weighted by Gasteiger charge is -2.38. The lowest BCUT2D eigenvalue weighted by Crippen LogP contribution is -2.36. The van der Waals surface area contributed by atoms with E-state index < -0.39 is 0 Å². The molecular weight excluding hydrogens is 420 g/mol. The fourth-order valence-corrected chi connectivity index (χ4v) is 7.37. The number of rotatable bonds is 9. The second-order valence-electron chi connectivity index (χ2n) is 7.76. The molecule has 0 bridgehead atoms. The molecule has 156 valence electrons. The van der Waals surface area contributed by atoms with E-state index in [-0.39, 0.29) is 4.75 Å². The number of allylic oxidation sites excluding steroid dienone is 2. The smallest absolute Gasteiger partial charge is 0.0311 e. The van der Waals surface area contributed by atoms with Gasteiger partial charge in [0, 0.05) is 30.6 Å². The minimum Gasteiger partial charge on any atom is -0.121 e. The second kappa shape index (κ2) is 11.2. The van der Waals surface area contributed by atoms with Gasteiger partial charge in [-0.25, -0.2) is 0 Å². The summed E-state index contributed by atoms with van der Waals surface area (Å²) in [4.78, 5) is 5.38. The van der Waals surface area contributed by atoms with E-state index in [4.69, 9.17) is 0 Å². The van der Waals surface area contributed by atoms with Crippen LogP contribution in [0.4, 0.5) is 0 Å². The third-order valence-corrected chi connectivity index (χ3v) is 9.57. The van der Waals surface area contributed by atoms with Gasteiger partial charge in [0.05, 0.1) is 0 Å². The van der Waals surface area contributed by atoms with Crippen molar-refractivity contribution in [1.29, 1.82) is 0 Å². The van der Waals surface area contributed by atoms with Crippen LogP contribution in [0, 0.1) is 5.92 Å². The molecule has 0 spiro atoms. The second-order valence-corrected chi connectivity index (χ2v) is 11.9. The Hall–Kier alpha value is -1.55. The van der Waals surface area contributed by atoms with Crippen LogP contribution in [0.1, 0.15) is 27.7 Å². The molecule has 0 aromatic heterocycles. The Kier molecular flexibility index (Phi) is 8.61. The molecule has 0 aliphatic heterocycles. The maximum absolute atomic E-state index is 2.39. The monoisotopic (exact) mass is 450 g/mol. The molecule has 0 nitrogen and oxygen atoms in total. The summed E-state index contributed by atoms with van der Waals surface area (Å²) in [6, 6.07) is 32.3. The van der Waals surface area contributed by atoms with Gasteiger partial charge in [-0.2, -0.15) is 0 Å². The first kappa shape index (κ1) is 23.1. The van der Waals surface area contributed by atoms with Gasteiger partial charge in [0.25, 0.3) is 0 Å². The summed E-state index contributed by atoms with van der Waals surface area (Å²) in [5.74, 6) is 0.414. The first-order chi connectivity index (χ1) is 14.5. The topological polar surface area (TPSA) is 0 Å². The van der Waals surface area contributed by atoms with E-state index in [0.717, 1.165) is 0 Å². The van der Waals surface area contributed by atoms with Gasteiger partial charge >= 0.3 is 0 Å². The molecule has 0 radical (unpaired) electrons. The molecular formula is C27H30S3. The first-order valence-electron chi connectivity index (χ1n) is 10.3. The largest absolute Gasteiger partial charge is 0.121 e. The van der Waals surface area contributed by atoms with Crippen LogP contribution in [0.25, 0.3) is 0 Å². The van der Waals surface area contributed by atoms with Gasteiger partial charge in [0.2, 0.25) is 0 Å². The Bertz CT molecular complexity index is 918. The van der Waals surface area contributed by atoms with Crippen molar-refractivity contribution in [3.05, 3.63) is 102 Å². The molecule has 0 unspecified atom stereocenters. The molecule has 0 saturated carbocycles. The Morgan fingerprint density at radius 3 is 1.70 bits per heavy atom. The first-order valence-corrected chi connectivity index (χ1v) is 12.9. The summed E-state index contributed by atoms with van der Waals surface area (Å²) in [6.45, 7) is 9.34. The van der Waals surface area contributed by atoms with Crippen molar-refractivity contribution in [3.8, 4) is 0 Å². The van der Waals surface area contributed by atoms with E-state index in [2.05, 4.69) is 125 Å². The SMILES string of the molecule is C/C=C(\Sc1ccccc1)[C@H](C)[C@@H](Sc1ccccc1)C(C)(C)Sc1ccccc1. The summed E-state index contributed by atoms with van der Waals surface area (Å²) in [7, 11) is 0. The molecule has 0 aliphatic rings. The maximum atomic E-state index is 2.39. The number of hydrogen-bond donors (Lipinski definition) is 0. The average Bonchev–Trinajstić information content (AvgIpc) is 2.77. The molecule has 3 aromatic rings. The van der Waals surface area contributed by atoms with Crippen LogP contribution in [-0.2, 0) is 0 Å². The quantitative estimate of drug-likeness (QED) is 0.298. The minimum absolute atomic E-state index is 0.0484. The molecule has 0 fully saturated rings. The van der Waals surface area contributed by atoms with Gasteiger partial charge in [0.1, 0.15) is 0 Å². The van der Waals surface area contributed by atoms with Crippen LogP contribution >= 0.6 is 35.3 Å². The van der Waals surface area contributed by atoms with Crippen molar-refractivity contribution in [2.45, 2.75) is 52.4 Å². The molecule has 3 heteroatoms. The molecule has 3 aromatic carbocycles. The van der Waals surface area contributed by atoms with Crippen LogP contribution in [0.3, 0.4) is 0 Å². The van der Waals surface area contributed by atoms with Crippen molar-refractivity contribution in [2.75, 3.05) is 0 Å². The molecule has 0 N–H and O–H groups in total. The minimum atomic E-state index is 0.0484. The van der Waals surface area contributed by atoms with E-state index in [1.54, 1.807) is 0 Å². The van der Waals surface area contributed by atoms with Gasteiger partial charge in [-0.1, -0.05) is 79.4 Å². The van der Waals surface area contributed by atoms with E-state index in [1.807, 2.05) is 35.3 Å². The highest BCUT2D eigenvalue weighted by Crippen LogP contribution is 2.49. The summed E-state index contributed by atoms with van der Waals surface area (Å²) in [5.41, 5.74) is 0. The van der Waals surface area contributed by atoms with Crippen LogP contribution in [0.2, 0.25) is 0 Å². The third-order valence-electron chi connectivity index (χ3n) is 4.98. The van der Waals surface area contributed by atoms with E-state index in [1.165, 1.54) is 19.6 Å². The summed E-state index contributed by atoms with van der Waals surface area (Å²) in [6.07, 6.45) is 2.30. The Balaban J connectivity index is 1.89. The molecule has 2 atom stereocenters. The standard InChI is InChI=1S/C27H30S3/c1-5-25(28-22-15-9-6-10-16-22)21(2)26(29-23-17-11-7-12-18-23)27(3,4)30-24-19-13-8-14-20-24/h5-21,26H,1-4H3/b25-5-/t21-,26+/m0/s1. The third kappa shape index (κ3) is 6.47. The Morgan fingerprint density at radius 1 is 0.733 bits per heavy atom. The van der Waals surface area contributed by atoms with Gasteiger partial charge in [-0.3, -0.25) is 0 Å². The van der Waals surface area contributed by atoms with Gasteiger partial charge in [-0.15, -0.1) is 23.5 Å². The van der Waals surface area contributed by atoms with Gasteiger partial charge in [0.15, 0.2) is 0 Å². The summed E-state index contributed by atoms with van der Waals surface area (Å²) < 4.78 is 0.0484. The van der Waals surface area contributed by atoms with Crippen molar-refractivity contribution >= 4 is 35.3 Å². The highest BCUT2D eigenvalue weighted by molar-refractivity contribution is 8.05. The Labute approximate surface area is 195 Å². The van der Waals surface area contributed by atoms with Crippen molar-refractivity contribution in [2.24, 2.45) is 5.92 Å². The average molecular weight is 451 g/mol. The van der Waals surface area contributed by atoms with Crippen molar-refractivity contribution in [3.63, 3.8) is 0 Å². The highest BCUT2D eigenvalue weighted by atomic mass is 32.2. The Morgan fingerprint density at radius 2 is 1.20 bits per heavy atom. The fraction of sp³-hybridized carbons (Fsp3) is 0.259. The van der Waals surface area contributed by atoms with E-state index in [9.17, 15) is 0 Å². The zero-order valence-corrected chi connectivity index (χ0v) is 20.6. The fourth-order valence-electron chi connectivity index (χ4n) is 3.53. The van der Waals surface area contributed by atoms with Gasteiger partial charge < -0.3 is 0 Å². The number of hydrogen-bond acceptors (Lipinski definition) is 3.